The van der Waals surface area contributed by atoms with Gasteiger partial charge in [0.05, 0.1) is 6.07 Å². The highest BCUT2D eigenvalue weighted by molar-refractivity contribution is 5.79. The van der Waals surface area contributed by atoms with Crippen LogP contribution in [0.4, 0.5) is 5.69 Å². The van der Waals surface area contributed by atoms with Crippen LogP contribution < -0.4 is 4.90 Å². The van der Waals surface area contributed by atoms with Crippen molar-refractivity contribution in [3.63, 3.8) is 0 Å². The molecular weight excluding hydrogens is 220 g/mol. The normalized spacial score (nSPS) is 22.8. The maximum absolute atomic E-state index is 9.09. The molecule has 2 heteroatoms. The fraction of sp³-hybridized carbons (Fsp3) is 0.438. The van der Waals surface area contributed by atoms with Crippen LogP contribution in [0.15, 0.2) is 24.3 Å². The molecule has 1 aromatic carbocycles. The van der Waals surface area contributed by atoms with E-state index in [0.717, 1.165) is 0 Å². The van der Waals surface area contributed by atoms with E-state index in [1.807, 2.05) is 0 Å². The summed E-state index contributed by atoms with van der Waals surface area (Å²) in [7, 11) is 0. The summed E-state index contributed by atoms with van der Waals surface area (Å²) in [5.41, 5.74) is 5.05. The van der Waals surface area contributed by atoms with E-state index in [4.69, 9.17) is 5.26 Å². The summed E-state index contributed by atoms with van der Waals surface area (Å²) in [6.07, 6.45) is 2.32. The van der Waals surface area contributed by atoms with Crippen molar-refractivity contribution in [2.24, 2.45) is 5.92 Å². The van der Waals surface area contributed by atoms with Crippen LogP contribution in [0, 0.1) is 24.2 Å². The van der Waals surface area contributed by atoms with Gasteiger partial charge in [0.15, 0.2) is 0 Å². The summed E-state index contributed by atoms with van der Waals surface area (Å²) in [4.78, 5) is 2.24. The molecule has 0 aliphatic carbocycles. The van der Waals surface area contributed by atoms with Crippen LogP contribution in [-0.2, 0) is 0 Å². The topological polar surface area (TPSA) is 27.0 Å². The lowest BCUT2D eigenvalue weighted by Crippen LogP contribution is -2.37. The zero-order valence-electron chi connectivity index (χ0n) is 11.6. The number of aryl methyl sites for hydroxylation is 1. The lowest BCUT2D eigenvalue weighted by atomic mass is 9.99. The maximum atomic E-state index is 9.09. The smallest absolute Gasteiger partial charge is 0.106 e. The van der Waals surface area contributed by atoms with Gasteiger partial charge in [-0.2, -0.15) is 5.26 Å². The largest absolute Gasteiger partial charge is 0.354 e. The molecule has 0 radical (unpaired) electrons. The first-order valence-corrected chi connectivity index (χ1v) is 6.48. The number of para-hydroxylation sites is 1. The van der Waals surface area contributed by atoms with Gasteiger partial charge in [0.25, 0.3) is 0 Å². The van der Waals surface area contributed by atoms with Crippen molar-refractivity contribution in [2.45, 2.75) is 33.7 Å². The van der Waals surface area contributed by atoms with Gasteiger partial charge in [-0.1, -0.05) is 31.2 Å². The fourth-order valence-electron chi connectivity index (χ4n) is 2.77. The van der Waals surface area contributed by atoms with E-state index in [1.54, 1.807) is 0 Å². The highest BCUT2D eigenvalue weighted by Gasteiger charge is 2.26. The highest BCUT2D eigenvalue weighted by Crippen LogP contribution is 2.36. The van der Waals surface area contributed by atoms with Crippen molar-refractivity contribution in [3.8, 4) is 6.07 Å². The van der Waals surface area contributed by atoms with E-state index in [1.165, 1.54) is 22.4 Å². The molecule has 1 aliphatic rings. The minimum Gasteiger partial charge on any atom is -0.354 e. The van der Waals surface area contributed by atoms with Crippen LogP contribution in [-0.4, -0.2) is 12.6 Å². The molecule has 1 heterocycles. The van der Waals surface area contributed by atoms with Crippen molar-refractivity contribution < 1.29 is 0 Å². The average Bonchev–Trinajstić information content (AvgIpc) is 2.42. The van der Waals surface area contributed by atoms with E-state index >= 15 is 0 Å². The molecule has 2 nitrogen and oxygen atoms in total. The Morgan fingerprint density at radius 1 is 1.28 bits per heavy atom. The van der Waals surface area contributed by atoms with Crippen molar-refractivity contribution in [1.82, 2.24) is 0 Å². The zero-order chi connectivity index (χ0) is 13.3. The Morgan fingerprint density at radius 2 is 2.00 bits per heavy atom. The van der Waals surface area contributed by atoms with Crippen molar-refractivity contribution >= 4 is 11.3 Å². The maximum Gasteiger partial charge on any atom is 0.106 e. The van der Waals surface area contributed by atoms with E-state index < -0.39 is 0 Å². The van der Waals surface area contributed by atoms with E-state index in [9.17, 15) is 0 Å². The molecule has 2 atom stereocenters. The summed E-state index contributed by atoms with van der Waals surface area (Å²) < 4.78 is 0. The Balaban J connectivity index is 2.65. The Morgan fingerprint density at radius 3 is 2.67 bits per heavy atom. The first kappa shape index (κ1) is 12.7. The fourth-order valence-corrected chi connectivity index (χ4v) is 2.77. The second kappa shape index (κ2) is 4.86. The molecule has 0 amide bonds. The van der Waals surface area contributed by atoms with Gasteiger partial charge in [-0.25, -0.2) is 0 Å². The Labute approximate surface area is 110 Å². The third-order valence-corrected chi connectivity index (χ3v) is 3.96. The first-order valence-electron chi connectivity index (χ1n) is 6.48. The third-order valence-electron chi connectivity index (χ3n) is 3.96. The van der Waals surface area contributed by atoms with Crippen LogP contribution in [0.1, 0.15) is 31.9 Å². The summed E-state index contributed by atoms with van der Waals surface area (Å²) in [6.45, 7) is 9.16. The first-order chi connectivity index (χ1) is 8.56. The number of fused-ring (bicyclic) bond motifs is 1. The van der Waals surface area contributed by atoms with Gasteiger partial charge in [-0.05, 0) is 37.8 Å². The second-order valence-corrected chi connectivity index (χ2v) is 5.21. The van der Waals surface area contributed by atoms with Crippen molar-refractivity contribution in [2.75, 3.05) is 11.4 Å². The van der Waals surface area contributed by atoms with Gasteiger partial charge in [0, 0.05) is 17.3 Å². The Bertz CT molecular complexity index is 522. The van der Waals surface area contributed by atoms with Crippen LogP contribution >= 0.6 is 0 Å². The van der Waals surface area contributed by atoms with Crippen LogP contribution in [0.3, 0.4) is 0 Å². The van der Waals surface area contributed by atoms with Gasteiger partial charge >= 0.3 is 0 Å². The van der Waals surface area contributed by atoms with Gasteiger partial charge in [0.1, 0.15) is 6.54 Å². The number of anilines is 1. The number of allylic oxidation sites excluding steroid dienone is 1. The van der Waals surface area contributed by atoms with Gasteiger partial charge in [-0.3, -0.25) is 0 Å². The van der Waals surface area contributed by atoms with E-state index in [-0.39, 0.29) is 0 Å². The number of benzene rings is 1. The Hall–Kier alpha value is -1.75. The molecule has 2 rings (SSSR count). The molecule has 0 aromatic heterocycles. The molecule has 0 saturated carbocycles. The zero-order valence-corrected chi connectivity index (χ0v) is 11.6. The predicted molar refractivity (Wildman–Crippen MR) is 76.4 cm³/mol. The minimum atomic E-state index is 0.349. The molecule has 94 valence electrons. The number of rotatable bonds is 1. The molecule has 1 aromatic rings. The lowest BCUT2D eigenvalue weighted by Gasteiger charge is -2.32. The number of hydrogen-bond acceptors (Lipinski definition) is 2. The molecule has 18 heavy (non-hydrogen) atoms. The van der Waals surface area contributed by atoms with Crippen LogP contribution in [0.25, 0.3) is 5.57 Å². The number of hydrogen-bond donors (Lipinski definition) is 0. The van der Waals surface area contributed by atoms with Gasteiger partial charge in [0.2, 0.25) is 0 Å². The molecule has 1 aliphatic heterocycles. The molecule has 0 spiro atoms. The second-order valence-electron chi connectivity index (χ2n) is 5.21. The summed E-state index contributed by atoms with van der Waals surface area (Å²) in [5, 5.41) is 9.09. The monoisotopic (exact) mass is 240 g/mol. The highest BCUT2D eigenvalue weighted by atomic mass is 15.2. The predicted octanol–water partition coefficient (Wildman–Crippen LogP) is 3.77. The molecule has 2 unspecified atom stereocenters. The number of nitriles is 1. The van der Waals surface area contributed by atoms with Crippen LogP contribution in [0.2, 0.25) is 0 Å². The van der Waals surface area contributed by atoms with Crippen LogP contribution in [0.5, 0.6) is 0 Å². The third kappa shape index (κ3) is 2.01. The van der Waals surface area contributed by atoms with Gasteiger partial charge in [-0.15, -0.1) is 0 Å². The van der Waals surface area contributed by atoms with E-state index in [2.05, 4.69) is 62.9 Å². The number of nitrogens with zero attached hydrogens (tertiary/aromatic N) is 2. The standard InChI is InChI=1S/C16H20N2/c1-11-6-5-7-15-13(3)10-12(2)14(4)18(9-8-17)16(11)15/h5-7,10,12,14H,9H2,1-4H3. The Kier molecular flexibility index (Phi) is 3.43. The minimum absolute atomic E-state index is 0.349. The summed E-state index contributed by atoms with van der Waals surface area (Å²) >= 11 is 0. The quantitative estimate of drug-likeness (QED) is 0.699. The molecule has 0 N–H and O–H groups in total. The SMILES string of the molecule is CC1=CC(C)C(C)N(CC#N)c2c(C)cccc21. The average molecular weight is 240 g/mol. The molecule has 0 saturated heterocycles. The molecule has 0 bridgehead atoms. The lowest BCUT2D eigenvalue weighted by molar-refractivity contribution is 0.544. The van der Waals surface area contributed by atoms with E-state index in [0.29, 0.717) is 18.5 Å². The molecular formula is C16H20N2. The summed E-state index contributed by atoms with van der Waals surface area (Å²) in [5.74, 6) is 0.449. The van der Waals surface area contributed by atoms with Crippen molar-refractivity contribution in [3.05, 3.63) is 35.4 Å². The van der Waals surface area contributed by atoms with Gasteiger partial charge < -0.3 is 4.90 Å². The van der Waals surface area contributed by atoms with Crippen molar-refractivity contribution in [1.29, 1.82) is 5.26 Å². The molecule has 0 fully saturated rings. The summed E-state index contributed by atoms with van der Waals surface area (Å²) in [6, 6.07) is 9.03.